The molecule has 0 bridgehead atoms. The smallest absolute Gasteiger partial charge is 0.321 e. The van der Waals surface area contributed by atoms with Gasteiger partial charge in [0, 0.05) is 38.8 Å². The van der Waals surface area contributed by atoms with E-state index in [1.807, 2.05) is 60.4 Å². The van der Waals surface area contributed by atoms with E-state index in [-0.39, 0.29) is 11.9 Å². The van der Waals surface area contributed by atoms with Crippen LogP contribution in [0, 0.1) is 6.92 Å². The first-order valence-electron chi connectivity index (χ1n) is 8.95. The van der Waals surface area contributed by atoms with Crippen molar-refractivity contribution in [2.45, 2.75) is 32.9 Å². The minimum absolute atomic E-state index is 0.153. The number of likely N-dealkylation sites (tertiary alicyclic amines) is 1. The van der Waals surface area contributed by atoms with Crippen molar-refractivity contribution in [3.05, 3.63) is 65.2 Å². The first-order valence-corrected chi connectivity index (χ1v) is 8.95. The molecule has 0 unspecified atom stereocenters. The van der Waals surface area contributed by atoms with Crippen LogP contribution in [0.15, 0.2) is 48.5 Å². The Balaban J connectivity index is 1.58. The van der Waals surface area contributed by atoms with E-state index in [0.29, 0.717) is 19.5 Å². The van der Waals surface area contributed by atoms with Crippen LogP contribution >= 0.6 is 0 Å². The quantitative estimate of drug-likeness (QED) is 0.891. The third kappa shape index (κ3) is 4.63. The summed E-state index contributed by atoms with van der Waals surface area (Å²) < 4.78 is 0. The maximum atomic E-state index is 12.4. The summed E-state index contributed by atoms with van der Waals surface area (Å²) >= 11 is 0. The van der Waals surface area contributed by atoms with Gasteiger partial charge in [-0.15, -0.1) is 0 Å². The lowest BCUT2D eigenvalue weighted by atomic mass is 10.1. The van der Waals surface area contributed by atoms with Crippen molar-refractivity contribution in [2.24, 2.45) is 0 Å². The van der Waals surface area contributed by atoms with Gasteiger partial charge < -0.3 is 15.1 Å². The summed E-state index contributed by atoms with van der Waals surface area (Å²) in [6, 6.07) is 15.7. The van der Waals surface area contributed by atoms with Crippen LogP contribution in [0.3, 0.4) is 0 Å². The van der Waals surface area contributed by atoms with E-state index < -0.39 is 0 Å². The van der Waals surface area contributed by atoms with Crippen LogP contribution in [-0.4, -0.2) is 35.3 Å². The molecule has 2 aromatic rings. The van der Waals surface area contributed by atoms with Gasteiger partial charge in [0.1, 0.15) is 0 Å². The molecule has 3 amide bonds. The van der Waals surface area contributed by atoms with E-state index in [1.54, 1.807) is 11.9 Å². The number of anilines is 1. The number of nitrogens with one attached hydrogen (secondary N) is 1. The van der Waals surface area contributed by atoms with Gasteiger partial charge in [0.25, 0.3) is 0 Å². The van der Waals surface area contributed by atoms with Crippen molar-refractivity contribution in [2.75, 3.05) is 18.9 Å². The van der Waals surface area contributed by atoms with Crippen molar-refractivity contribution in [1.82, 2.24) is 9.80 Å². The van der Waals surface area contributed by atoms with E-state index >= 15 is 0 Å². The third-order valence-corrected chi connectivity index (χ3v) is 4.61. The van der Waals surface area contributed by atoms with Crippen LogP contribution < -0.4 is 5.32 Å². The summed E-state index contributed by atoms with van der Waals surface area (Å²) in [6.45, 7) is 4.01. The normalized spacial score (nSPS) is 13.8. The fourth-order valence-corrected chi connectivity index (χ4v) is 3.10. The zero-order chi connectivity index (χ0) is 18.5. The minimum atomic E-state index is -0.153. The Labute approximate surface area is 154 Å². The molecule has 1 N–H and O–H groups in total. The second-order valence-corrected chi connectivity index (χ2v) is 6.89. The first-order chi connectivity index (χ1) is 12.5. The Morgan fingerprint density at radius 2 is 1.92 bits per heavy atom. The van der Waals surface area contributed by atoms with E-state index in [4.69, 9.17) is 0 Å². The number of benzene rings is 2. The number of hydrogen-bond acceptors (Lipinski definition) is 2. The molecule has 0 spiro atoms. The van der Waals surface area contributed by atoms with Crippen LogP contribution in [0.5, 0.6) is 0 Å². The molecular formula is C21H25N3O2. The summed E-state index contributed by atoms with van der Waals surface area (Å²) in [5.74, 6) is 0.206. The van der Waals surface area contributed by atoms with E-state index in [1.165, 1.54) is 5.56 Å². The number of nitrogens with zero attached hydrogens (tertiary/aromatic N) is 2. The largest absolute Gasteiger partial charge is 0.338 e. The van der Waals surface area contributed by atoms with E-state index in [9.17, 15) is 9.59 Å². The molecule has 2 aromatic carbocycles. The molecule has 136 valence electrons. The highest BCUT2D eigenvalue weighted by Crippen LogP contribution is 2.17. The number of carbonyl (C=O) groups excluding carboxylic acids is 2. The van der Waals surface area contributed by atoms with Crippen LogP contribution in [0.2, 0.25) is 0 Å². The Morgan fingerprint density at radius 3 is 2.62 bits per heavy atom. The van der Waals surface area contributed by atoms with Crippen molar-refractivity contribution in [3.63, 3.8) is 0 Å². The number of carbonyl (C=O) groups is 2. The third-order valence-electron chi connectivity index (χ3n) is 4.61. The molecule has 5 heteroatoms. The summed E-state index contributed by atoms with van der Waals surface area (Å²) in [4.78, 5) is 27.7. The number of aryl methyl sites for hydroxylation is 1. The zero-order valence-corrected chi connectivity index (χ0v) is 15.4. The Kier molecular flexibility index (Phi) is 5.56. The SMILES string of the molecule is Cc1ccc(CN(C)C(=O)Nc2cccc(CN3CCCC3=O)c2)cc1. The zero-order valence-electron chi connectivity index (χ0n) is 15.4. The summed E-state index contributed by atoms with van der Waals surface area (Å²) in [7, 11) is 1.78. The highest BCUT2D eigenvalue weighted by atomic mass is 16.2. The molecule has 26 heavy (non-hydrogen) atoms. The predicted octanol–water partition coefficient (Wildman–Crippen LogP) is 3.78. The van der Waals surface area contributed by atoms with Crippen LogP contribution in [0.25, 0.3) is 0 Å². The Bertz CT molecular complexity index is 786. The minimum Gasteiger partial charge on any atom is -0.338 e. The van der Waals surface area contributed by atoms with Crippen molar-refractivity contribution < 1.29 is 9.59 Å². The average Bonchev–Trinajstić information content (AvgIpc) is 3.02. The van der Waals surface area contributed by atoms with Gasteiger partial charge in [-0.1, -0.05) is 42.0 Å². The van der Waals surface area contributed by atoms with Crippen molar-refractivity contribution >= 4 is 17.6 Å². The van der Waals surface area contributed by atoms with Gasteiger partial charge in [-0.25, -0.2) is 4.79 Å². The van der Waals surface area contributed by atoms with Crippen molar-refractivity contribution in [3.8, 4) is 0 Å². The molecule has 0 radical (unpaired) electrons. The monoisotopic (exact) mass is 351 g/mol. The van der Waals surface area contributed by atoms with Gasteiger partial charge in [0.2, 0.25) is 5.91 Å². The highest BCUT2D eigenvalue weighted by molar-refractivity contribution is 5.89. The molecular weight excluding hydrogens is 326 g/mol. The fraction of sp³-hybridized carbons (Fsp3) is 0.333. The molecule has 3 rings (SSSR count). The van der Waals surface area contributed by atoms with E-state index in [0.717, 1.165) is 29.8 Å². The summed E-state index contributed by atoms with van der Waals surface area (Å²) in [6.07, 6.45) is 1.57. The Morgan fingerprint density at radius 1 is 1.15 bits per heavy atom. The lowest BCUT2D eigenvalue weighted by Crippen LogP contribution is -2.31. The molecule has 1 saturated heterocycles. The predicted molar refractivity (Wildman–Crippen MR) is 103 cm³/mol. The molecule has 0 saturated carbocycles. The Hall–Kier alpha value is -2.82. The molecule has 0 atom stereocenters. The lowest BCUT2D eigenvalue weighted by Gasteiger charge is -2.19. The molecule has 1 aliphatic heterocycles. The average molecular weight is 351 g/mol. The van der Waals surface area contributed by atoms with Gasteiger partial charge in [0.15, 0.2) is 0 Å². The number of amides is 3. The van der Waals surface area contributed by atoms with Crippen LogP contribution in [0.4, 0.5) is 10.5 Å². The topological polar surface area (TPSA) is 52.7 Å². The molecule has 0 aromatic heterocycles. The second kappa shape index (κ2) is 8.04. The molecule has 0 aliphatic carbocycles. The molecule has 1 heterocycles. The summed E-state index contributed by atoms with van der Waals surface area (Å²) in [5, 5.41) is 2.93. The van der Waals surface area contributed by atoms with Crippen LogP contribution in [-0.2, 0) is 17.9 Å². The number of urea groups is 1. The van der Waals surface area contributed by atoms with Gasteiger partial charge in [-0.2, -0.15) is 0 Å². The van der Waals surface area contributed by atoms with Gasteiger partial charge in [-0.05, 0) is 36.6 Å². The molecule has 1 aliphatic rings. The van der Waals surface area contributed by atoms with Crippen molar-refractivity contribution in [1.29, 1.82) is 0 Å². The molecule has 1 fully saturated rings. The second-order valence-electron chi connectivity index (χ2n) is 6.89. The maximum Gasteiger partial charge on any atom is 0.321 e. The summed E-state index contributed by atoms with van der Waals surface area (Å²) in [5.41, 5.74) is 4.07. The highest BCUT2D eigenvalue weighted by Gasteiger charge is 2.20. The van der Waals surface area contributed by atoms with Gasteiger partial charge in [-0.3, -0.25) is 4.79 Å². The number of rotatable bonds is 5. The fourth-order valence-electron chi connectivity index (χ4n) is 3.10. The standard InChI is InChI=1S/C21H25N3O2/c1-16-8-10-17(11-9-16)14-23(2)21(26)22-19-6-3-5-18(13-19)15-24-12-4-7-20(24)25/h3,5-6,8-11,13H,4,7,12,14-15H2,1-2H3,(H,22,26). The van der Waals surface area contributed by atoms with E-state index in [2.05, 4.69) is 5.32 Å². The van der Waals surface area contributed by atoms with Crippen LogP contribution in [0.1, 0.15) is 29.5 Å². The van der Waals surface area contributed by atoms with Gasteiger partial charge in [0.05, 0.1) is 0 Å². The maximum absolute atomic E-state index is 12.4. The first kappa shape index (κ1) is 18.0. The lowest BCUT2D eigenvalue weighted by molar-refractivity contribution is -0.128. The van der Waals surface area contributed by atoms with Gasteiger partial charge >= 0.3 is 6.03 Å². The molecule has 5 nitrogen and oxygen atoms in total. The number of hydrogen-bond donors (Lipinski definition) is 1.